The van der Waals surface area contributed by atoms with E-state index < -0.39 is 5.97 Å². The lowest BCUT2D eigenvalue weighted by molar-refractivity contribution is -0.136. The number of benzene rings is 1. The second-order valence-corrected chi connectivity index (χ2v) is 3.22. The minimum atomic E-state index is -0.855. The predicted molar refractivity (Wildman–Crippen MR) is 70.4 cm³/mol. The number of halogens is 1. The van der Waals surface area contributed by atoms with Gasteiger partial charge in [-0.3, -0.25) is 4.79 Å². The number of aliphatic carboxylic acids is 1. The Morgan fingerprint density at radius 2 is 1.76 bits per heavy atom. The highest BCUT2D eigenvalue weighted by Gasteiger charge is 2.08. The van der Waals surface area contributed by atoms with Gasteiger partial charge < -0.3 is 14.6 Å². The SMILES string of the molecule is Br.CCOc1ccc(CC(=O)O)cc1OCC. The molecule has 17 heavy (non-hydrogen) atoms. The average Bonchev–Trinajstić information content (AvgIpc) is 2.21. The van der Waals surface area contributed by atoms with Crippen molar-refractivity contribution in [1.82, 2.24) is 0 Å². The molecule has 0 fully saturated rings. The van der Waals surface area contributed by atoms with Gasteiger partial charge in [0.05, 0.1) is 19.6 Å². The van der Waals surface area contributed by atoms with Gasteiger partial charge in [0.2, 0.25) is 0 Å². The Morgan fingerprint density at radius 1 is 1.18 bits per heavy atom. The quantitative estimate of drug-likeness (QED) is 0.878. The van der Waals surface area contributed by atoms with E-state index in [1.54, 1.807) is 18.2 Å². The normalized spacial score (nSPS) is 9.29. The number of hydrogen-bond acceptors (Lipinski definition) is 3. The molecule has 0 amide bonds. The number of carbonyl (C=O) groups is 1. The summed E-state index contributed by atoms with van der Waals surface area (Å²) in [6, 6.07) is 5.19. The molecular weight excluding hydrogens is 288 g/mol. The van der Waals surface area contributed by atoms with E-state index in [1.807, 2.05) is 13.8 Å². The summed E-state index contributed by atoms with van der Waals surface area (Å²) in [6.07, 6.45) is -0.00746. The number of carboxylic acids is 1. The van der Waals surface area contributed by atoms with Crippen molar-refractivity contribution in [3.05, 3.63) is 23.8 Å². The molecule has 0 aliphatic heterocycles. The van der Waals surface area contributed by atoms with E-state index in [9.17, 15) is 4.79 Å². The summed E-state index contributed by atoms with van der Waals surface area (Å²) < 4.78 is 10.8. The number of ether oxygens (including phenoxy) is 2. The van der Waals surface area contributed by atoms with Crippen molar-refractivity contribution in [2.24, 2.45) is 0 Å². The molecule has 1 rings (SSSR count). The van der Waals surface area contributed by atoms with Gasteiger partial charge in [0.1, 0.15) is 0 Å². The molecule has 1 aromatic rings. The van der Waals surface area contributed by atoms with Crippen molar-refractivity contribution >= 4 is 23.0 Å². The maximum absolute atomic E-state index is 10.6. The number of carboxylic acid groups (broad SMARTS) is 1. The van der Waals surface area contributed by atoms with Crippen LogP contribution in [0.25, 0.3) is 0 Å². The first-order chi connectivity index (χ1) is 7.67. The Morgan fingerprint density at radius 3 is 2.29 bits per heavy atom. The van der Waals surface area contributed by atoms with E-state index in [0.717, 1.165) is 0 Å². The molecule has 0 spiro atoms. The van der Waals surface area contributed by atoms with Gasteiger partial charge in [-0.15, -0.1) is 17.0 Å². The zero-order valence-corrected chi connectivity index (χ0v) is 11.6. The zero-order chi connectivity index (χ0) is 12.0. The molecule has 0 radical (unpaired) electrons. The van der Waals surface area contributed by atoms with Gasteiger partial charge in [-0.25, -0.2) is 0 Å². The molecule has 96 valence electrons. The van der Waals surface area contributed by atoms with Crippen LogP contribution in [0.5, 0.6) is 11.5 Å². The molecule has 4 nitrogen and oxygen atoms in total. The third-order valence-corrected chi connectivity index (χ3v) is 1.96. The smallest absolute Gasteiger partial charge is 0.307 e. The Hall–Kier alpha value is -1.23. The van der Waals surface area contributed by atoms with Gasteiger partial charge in [0, 0.05) is 0 Å². The van der Waals surface area contributed by atoms with Gasteiger partial charge in [-0.2, -0.15) is 0 Å². The van der Waals surface area contributed by atoms with E-state index in [-0.39, 0.29) is 23.4 Å². The summed E-state index contributed by atoms with van der Waals surface area (Å²) in [5, 5.41) is 8.69. The van der Waals surface area contributed by atoms with Crippen molar-refractivity contribution in [3.8, 4) is 11.5 Å². The minimum Gasteiger partial charge on any atom is -0.490 e. The van der Waals surface area contributed by atoms with Crippen LogP contribution in [0.1, 0.15) is 19.4 Å². The zero-order valence-electron chi connectivity index (χ0n) is 9.93. The summed E-state index contributed by atoms with van der Waals surface area (Å²) in [6.45, 7) is 4.84. The van der Waals surface area contributed by atoms with E-state index in [2.05, 4.69) is 0 Å². The number of rotatable bonds is 6. The Balaban J connectivity index is 0.00000256. The maximum Gasteiger partial charge on any atom is 0.307 e. The number of hydrogen-bond donors (Lipinski definition) is 1. The van der Waals surface area contributed by atoms with Crippen LogP contribution in [-0.4, -0.2) is 24.3 Å². The fourth-order valence-electron chi connectivity index (χ4n) is 1.38. The van der Waals surface area contributed by atoms with Crippen LogP contribution in [0.2, 0.25) is 0 Å². The molecule has 0 aliphatic carbocycles. The van der Waals surface area contributed by atoms with Crippen LogP contribution in [0.4, 0.5) is 0 Å². The Bertz CT molecular complexity index is 366. The highest BCUT2D eigenvalue weighted by Crippen LogP contribution is 2.28. The second kappa shape index (κ2) is 7.95. The average molecular weight is 305 g/mol. The van der Waals surface area contributed by atoms with Crippen LogP contribution in [0.15, 0.2) is 18.2 Å². The topological polar surface area (TPSA) is 55.8 Å². The first-order valence-electron chi connectivity index (χ1n) is 5.27. The van der Waals surface area contributed by atoms with Crippen LogP contribution in [0.3, 0.4) is 0 Å². The lowest BCUT2D eigenvalue weighted by atomic mass is 10.1. The summed E-state index contributed by atoms with van der Waals surface area (Å²) in [5.74, 6) is 0.396. The molecule has 0 bridgehead atoms. The molecule has 0 heterocycles. The third-order valence-electron chi connectivity index (χ3n) is 1.96. The van der Waals surface area contributed by atoms with Gasteiger partial charge in [0.25, 0.3) is 0 Å². The summed E-state index contributed by atoms with van der Waals surface area (Å²) >= 11 is 0. The lowest BCUT2D eigenvalue weighted by Gasteiger charge is -2.11. The van der Waals surface area contributed by atoms with Crippen LogP contribution < -0.4 is 9.47 Å². The second-order valence-electron chi connectivity index (χ2n) is 3.22. The minimum absolute atomic E-state index is 0. The fraction of sp³-hybridized carbons (Fsp3) is 0.417. The van der Waals surface area contributed by atoms with Crippen molar-refractivity contribution in [3.63, 3.8) is 0 Å². The van der Waals surface area contributed by atoms with Crippen LogP contribution in [-0.2, 0) is 11.2 Å². The van der Waals surface area contributed by atoms with Crippen molar-refractivity contribution < 1.29 is 19.4 Å². The maximum atomic E-state index is 10.6. The molecule has 1 aromatic carbocycles. The van der Waals surface area contributed by atoms with Crippen LogP contribution in [0, 0.1) is 0 Å². The highest BCUT2D eigenvalue weighted by molar-refractivity contribution is 8.93. The first kappa shape index (κ1) is 15.8. The Labute approximate surface area is 111 Å². The molecular formula is C12H17BrO4. The summed E-state index contributed by atoms with van der Waals surface area (Å²) in [5.41, 5.74) is 0.708. The molecule has 0 aliphatic rings. The summed E-state index contributed by atoms with van der Waals surface area (Å²) in [7, 11) is 0. The lowest BCUT2D eigenvalue weighted by Crippen LogP contribution is -2.02. The van der Waals surface area contributed by atoms with Crippen molar-refractivity contribution in [2.45, 2.75) is 20.3 Å². The molecule has 0 saturated carbocycles. The Kier molecular flexibility index (Phi) is 7.37. The molecule has 0 saturated heterocycles. The largest absolute Gasteiger partial charge is 0.490 e. The molecule has 0 aromatic heterocycles. The van der Waals surface area contributed by atoms with Gasteiger partial charge in [0.15, 0.2) is 11.5 Å². The first-order valence-corrected chi connectivity index (χ1v) is 5.27. The third kappa shape index (κ3) is 5.08. The summed E-state index contributed by atoms with van der Waals surface area (Å²) in [4.78, 5) is 10.6. The fourth-order valence-corrected chi connectivity index (χ4v) is 1.38. The van der Waals surface area contributed by atoms with Crippen molar-refractivity contribution in [2.75, 3.05) is 13.2 Å². The molecule has 0 unspecified atom stereocenters. The van der Waals surface area contributed by atoms with Crippen LogP contribution >= 0.6 is 17.0 Å². The predicted octanol–water partition coefficient (Wildman–Crippen LogP) is 2.69. The standard InChI is InChI=1S/C12H16O4.BrH/c1-3-15-10-6-5-9(8-12(13)14)7-11(10)16-4-2;/h5-7H,3-4,8H2,1-2H3,(H,13,14);1H. The monoisotopic (exact) mass is 304 g/mol. The van der Waals surface area contributed by atoms with Crippen molar-refractivity contribution in [1.29, 1.82) is 0 Å². The van der Waals surface area contributed by atoms with E-state index in [1.165, 1.54) is 0 Å². The molecule has 5 heteroatoms. The molecule has 0 atom stereocenters. The van der Waals surface area contributed by atoms with E-state index >= 15 is 0 Å². The van der Waals surface area contributed by atoms with Gasteiger partial charge >= 0.3 is 5.97 Å². The highest BCUT2D eigenvalue weighted by atomic mass is 79.9. The molecule has 1 N–H and O–H groups in total. The van der Waals surface area contributed by atoms with E-state index in [4.69, 9.17) is 14.6 Å². The van der Waals surface area contributed by atoms with E-state index in [0.29, 0.717) is 30.3 Å². The van der Waals surface area contributed by atoms with Gasteiger partial charge in [-0.05, 0) is 31.5 Å². The van der Waals surface area contributed by atoms with Gasteiger partial charge in [-0.1, -0.05) is 6.07 Å².